The number of hydrogen-bond donors (Lipinski definition) is 1. The van der Waals surface area contributed by atoms with Crippen LogP contribution in [-0.2, 0) is 0 Å². The third-order valence-electron chi connectivity index (χ3n) is 4.72. The van der Waals surface area contributed by atoms with Crippen molar-refractivity contribution in [3.05, 3.63) is 34.6 Å². The van der Waals surface area contributed by atoms with Crippen LogP contribution in [0.4, 0.5) is 4.39 Å². The summed E-state index contributed by atoms with van der Waals surface area (Å²) in [6.07, 6.45) is 3.73. The summed E-state index contributed by atoms with van der Waals surface area (Å²) in [7, 11) is 1.98. The average Bonchev–Trinajstić information content (AvgIpc) is 2.39. The van der Waals surface area contributed by atoms with Crippen LogP contribution in [0.15, 0.2) is 18.2 Å². The molecule has 1 aromatic carbocycles. The monoisotopic (exact) mass is 283 g/mol. The van der Waals surface area contributed by atoms with E-state index in [9.17, 15) is 4.39 Å². The Morgan fingerprint density at radius 2 is 2.00 bits per heavy atom. The number of benzene rings is 1. The Hall–Kier alpha value is -0.600. The third-order valence-corrected chi connectivity index (χ3v) is 5.01. The minimum atomic E-state index is -0.342. The molecule has 1 fully saturated rings. The van der Waals surface area contributed by atoms with Crippen LogP contribution in [-0.4, -0.2) is 7.05 Å². The fourth-order valence-corrected chi connectivity index (χ4v) is 3.46. The van der Waals surface area contributed by atoms with E-state index in [0.717, 1.165) is 17.4 Å². The van der Waals surface area contributed by atoms with E-state index in [-0.39, 0.29) is 16.9 Å². The molecule has 0 heterocycles. The molecule has 19 heavy (non-hydrogen) atoms. The van der Waals surface area contributed by atoms with Crippen molar-refractivity contribution in [1.82, 2.24) is 5.32 Å². The van der Waals surface area contributed by atoms with E-state index in [1.165, 1.54) is 25.3 Å². The molecule has 4 atom stereocenters. The maximum Gasteiger partial charge on any atom is 0.141 e. The van der Waals surface area contributed by atoms with Gasteiger partial charge in [0.1, 0.15) is 5.82 Å². The summed E-state index contributed by atoms with van der Waals surface area (Å²) in [5.74, 6) is 1.83. The van der Waals surface area contributed by atoms with Crippen LogP contribution in [0.25, 0.3) is 0 Å². The molecule has 1 aromatic rings. The Morgan fingerprint density at radius 1 is 1.26 bits per heavy atom. The van der Waals surface area contributed by atoms with Crippen LogP contribution in [0, 0.1) is 23.6 Å². The quantitative estimate of drug-likeness (QED) is 0.839. The van der Waals surface area contributed by atoms with E-state index in [1.807, 2.05) is 13.1 Å². The van der Waals surface area contributed by atoms with E-state index in [0.29, 0.717) is 5.92 Å². The molecular weight excluding hydrogens is 261 g/mol. The molecule has 1 N–H and O–H groups in total. The van der Waals surface area contributed by atoms with Gasteiger partial charge in [0.05, 0.1) is 5.02 Å². The fourth-order valence-electron chi connectivity index (χ4n) is 3.27. The summed E-state index contributed by atoms with van der Waals surface area (Å²) in [5.41, 5.74) is 1.10. The summed E-state index contributed by atoms with van der Waals surface area (Å²) in [5, 5.41) is 3.61. The summed E-state index contributed by atoms with van der Waals surface area (Å²) in [6.45, 7) is 4.67. The highest BCUT2D eigenvalue weighted by Crippen LogP contribution is 2.40. The van der Waals surface area contributed by atoms with E-state index in [4.69, 9.17) is 11.6 Å². The lowest BCUT2D eigenvalue weighted by molar-refractivity contribution is 0.174. The summed E-state index contributed by atoms with van der Waals surface area (Å²) < 4.78 is 13.3. The first-order chi connectivity index (χ1) is 9.02. The minimum absolute atomic E-state index is 0.218. The highest BCUT2D eigenvalue weighted by molar-refractivity contribution is 6.30. The van der Waals surface area contributed by atoms with Gasteiger partial charge in [-0.2, -0.15) is 0 Å². The van der Waals surface area contributed by atoms with Gasteiger partial charge in [-0.1, -0.05) is 37.9 Å². The second-order valence-corrected chi connectivity index (χ2v) is 6.37. The lowest BCUT2D eigenvalue weighted by atomic mass is 9.72. The van der Waals surface area contributed by atoms with E-state index >= 15 is 0 Å². The van der Waals surface area contributed by atoms with Crippen molar-refractivity contribution in [1.29, 1.82) is 0 Å². The zero-order valence-electron chi connectivity index (χ0n) is 11.9. The van der Waals surface area contributed by atoms with Gasteiger partial charge in [0, 0.05) is 6.04 Å². The Morgan fingerprint density at radius 3 is 2.58 bits per heavy atom. The molecule has 3 heteroatoms. The third kappa shape index (κ3) is 3.29. The molecule has 4 unspecified atom stereocenters. The molecule has 1 nitrogen and oxygen atoms in total. The number of hydrogen-bond acceptors (Lipinski definition) is 1. The van der Waals surface area contributed by atoms with Gasteiger partial charge >= 0.3 is 0 Å². The standard InChI is InChI=1S/C16H23ClFN/c1-10-4-5-12(8-11(10)2)16(19-3)13-6-7-15(18)14(17)9-13/h6-7,9-12,16,19H,4-5,8H2,1-3H3. The van der Waals surface area contributed by atoms with Crippen molar-refractivity contribution in [2.45, 2.75) is 39.2 Å². The van der Waals surface area contributed by atoms with E-state index < -0.39 is 0 Å². The lowest BCUT2D eigenvalue weighted by Crippen LogP contribution is -2.31. The SMILES string of the molecule is CNC(c1ccc(F)c(Cl)c1)C1CCC(C)C(C)C1. The van der Waals surface area contributed by atoms with Gasteiger partial charge in [-0.3, -0.25) is 0 Å². The molecular formula is C16H23ClFN. The predicted molar refractivity (Wildman–Crippen MR) is 78.9 cm³/mol. The molecule has 0 saturated heterocycles. The average molecular weight is 284 g/mol. The van der Waals surface area contributed by atoms with Crippen LogP contribution in [0.5, 0.6) is 0 Å². The van der Waals surface area contributed by atoms with Crippen molar-refractivity contribution in [2.24, 2.45) is 17.8 Å². The maximum absolute atomic E-state index is 13.3. The van der Waals surface area contributed by atoms with Gasteiger partial charge in [-0.15, -0.1) is 0 Å². The van der Waals surface area contributed by atoms with E-state index in [1.54, 1.807) is 6.07 Å². The van der Waals surface area contributed by atoms with Gasteiger partial charge in [0.2, 0.25) is 0 Å². The van der Waals surface area contributed by atoms with Crippen molar-refractivity contribution in [2.75, 3.05) is 7.05 Å². The normalized spacial score (nSPS) is 29.2. The highest BCUT2D eigenvalue weighted by atomic mass is 35.5. The molecule has 0 aromatic heterocycles. The Balaban J connectivity index is 2.17. The molecule has 1 aliphatic carbocycles. The van der Waals surface area contributed by atoms with Crippen LogP contribution in [0.1, 0.15) is 44.7 Å². The smallest absolute Gasteiger partial charge is 0.141 e. The van der Waals surface area contributed by atoms with E-state index in [2.05, 4.69) is 19.2 Å². The van der Waals surface area contributed by atoms with Gasteiger partial charge in [-0.05, 0) is 55.3 Å². The summed E-state index contributed by atoms with van der Waals surface area (Å²) in [4.78, 5) is 0. The largest absolute Gasteiger partial charge is 0.313 e. The molecule has 106 valence electrons. The number of nitrogens with one attached hydrogen (secondary N) is 1. The van der Waals surface area contributed by atoms with Gasteiger partial charge in [0.15, 0.2) is 0 Å². The first-order valence-electron chi connectivity index (χ1n) is 7.15. The Bertz CT molecular complexity index is 435. The predicted octanol–water partition coefficient (Wildman–Crippen LogP) is 4.81. The molecule has 0 bridgehead atoms. The maximum atomic E-state index is 13.3. The van der Waals surface area contributed by atoms with Gasteiger partial charge in [-0.25, -0.2) is 4.39 Å². The second kappa shape index (κ2) is 6.23. The summed E-state index contributed by atoms with van der Waals surface area (Å²) in [6, 6.07) is 5.36. The summed E-state index contributed by atoms with van der Waals surface area (Å²) >= 11 is 5.90. The lowest BCUT2D eigenvalue weighted by Gasteiger charge is -2.37. The van der Waals surface area contributed by atoms with Crippen molar-refractivity contribution >= 4 is 11.6 Å². The first kappa shape index (κ1) is 14.8. The van der Waals surface area contributed by atoms with Crippen LogP contribution < -0.4 is 5.32 Å². The van der Waals surface area contributed by atoms with Crippen molar-refractivity contribution < 1.29 is 4.39 Å². The van der Waals surface area contributed by atoms with Crippen molar-refractivity contribution in [3.63, 3.8) is 0 Å². The molecule has 1 saturated carbocycles. The molecule has 2 rings (SSSR count). The molecule has 1 aliphatic rings. The fraction of sp³-hybridized carbons (Fsp3) is 0.625. The van der Waals surface area contributed by atoms with Crippen LogP contribution >= 0.6 is 11.6 Å². The highest BCUT2D eigenvalue weighted by Gasteiger charge is 2.30. The molecule has 0 spiro atoms. The number of halogens is 2. The van der Waals surface area contributed by atoms with Crippen LogP contribution in [0.3, 0.4) is 0 Å². The van der Waals surface area contributed by atoms with Gasteiger partial charge < -0.3 is 5.32 Å². The topological polar surface area (TPSA) is 12.0 Å². The Kier molecular flexibility index (Phi) is 4.86. The molecule has 0 radical (unpaired) electrons. The zero-order valence-corrected chi connectivity index (χ0v) is 12.7. The zero-order chi connectivity index (χ0) is 14.0. The molecule has 0 amide bonds. The first-order valence-corrected chi connectivity index (χ1v) is 7.53. The molecule has 0 aliphatic heterocycles. The number of rotatable bonds is 3. The minimum Gasteiger partial charge on any atom is -0.313 e. The van der Waals surface area contributed by atoms with Crippen molar-refractivity contribution in [3.8, 4) is 0 Å². The van der Waals surface area contributed by atoms with Gasteiger partial charge in [0.25, 0.3) is 0 Å². The van der Waals surface area contributed by atoms with Crippen LogP contribution in [0.2, 0.25) is 5.02 Å². The second-order valence-electron chi connectivity index (χ2n) is 5.97. The Labute approximate surface area is 120 Å².